The molecule has 0 aromatic heterocycles. The quantitative estimate of drug-likeness (QED) is 0.805. The van der Waals surface area contributed by atoms with E-state index in [1.54, 1.807) is 7.11 Å². The van der Waals surface area contributed by atoms with Crippen molar-refractivity contribution in [3.63, 3.8) is 0 Å². The second-order valence-corrected chi connectivity index (χ2v) is 4.40. The summed E-state index contributed by atoms with van der Waals surface area (Å²) in [6.45, 7) is 0. The first kappa shape index (κ1) is 10.5. The molecule has 0 heterocycles. The van der Waals surface area contributed by atoms with E-state index in [9.17, 15) is 0 Å². The normalized spacial score (nSPS) is 26.3. The number of rotatable bonds is 2. The predicted molar refractivity (Wildman–Crippen MR) is 62.2 cm³/mol. The molecule has 0 unspecified atom stereocenters. The van der Waals surface area contributed by atoms with Crippen molar-refractivity contribution in [2.24, 2.45) is 5.73 Å². The molecule has 2 heteroatoms. The maximum Gasteiger partial charge on any atom is 0.119 e. The van der Waals surface area contributed by atoms with Gasteiger partial charge in [0.15, 0.2) is 0 Å². The van der Waals surface area contributed by atoms with Crippen molar-refractivity contribution < 1.29 is 4.74 Å². The summed E-state index contributed by atoms with van der Waals surface area (Å²) in [5.41, 5.74) is 7.38. The summed E-state index contributed by atoms with van der Waals surface area (Å²) in [7, 11) is 1.71. The van der Waals surface area contributed by atoms with E-state index in [2.05, 4.69) is 18.2 Å². The molecule has 0 bridgehead atoms. The lowest BCUT2D eigenvalue weighted by molar-refractivity contribution is 0.388. The Morgan fingerprint density at radius 1 is 1.33 bits per heavy atom. The van der Waals surface area contributed by atoms with Crippen LogP contribution >= 0.6 is 0 Å². The van der Waals surface area contributed by atoms with Crippen LogP contribution < -0.4 is 10.5 Å². The van der Waals surface area contributed by atoms with Crippen LogP contribution in [0.25, 0.3) is 0 Å². The number of nitrogens with two attached hydrogens (primary N) is 1. The van der Waals surface area contributed by atoms with Crippen molar-refractivity contribution in [2.45, 2.75) is 37.6 Å². The van der Waals surface area contributed by atoms with Gasteiger partial charge in [0, 0.05) is 6.04 Å². The molecule has 15 heavy (non-hydrogen) atoms. The summed E-state index contributed by atoms with van der Waals surface area (Å²) in [4.78, 5) is 0. The van der Waals surface area contributed by atoms with E-state index in [-0.39, 0.29) is 0 Å². The Balaban J connectivity index is 2.13. The minimum absolute atomic E-state index is 0.384. The van der Waals surface area contributed by atoms with Crippen LogP contribution in [0.1, 0.15) is 37.2 Å². The maximum atomic E-state index is 6.00. The van der Waals surface area contributed by atoms with Crippen LogP contribution in [0.2, 0.25) is 0 Å². The van der Waals surface area contributed by atoms with E-state index >= 15 is 0 Å². The fourth-order valence-corrected chi connectivity index (χ4v) is 2.43. The zero-order valence-electron chi connectivity index (χ0n) is 9.28. The van der Waals surface area contributed by atoms with Crippen molar-refractivity contribution in [2.75, 3.05) is 7.11 Å². The molecule has 82 valence electrons. The topological polar surface area (TPSA) is 35.2 Å². The Hall–Kier alpha value is -1.02. The molecule has 1 aromatic carbocycles. The van der Waals surface area contributed by atoms with Crippen LogP contribution in [0.5, 0.6) is 5.75 Å². The fourth-order valence-electron chi connectivity index (χ4n) is 2.43. The number of methoxy groups -OCH3 is 1. The van der Waals surface area contributed by atoms with Gasteiger partial charge in [-0.25, -0.2) is 0 Å². The molecule has 2 atom stereocenters. The Kier molecular flexibility index (Phi) is 3.27. The van der Waals surface area contributed by atoms with Crippen LogP contribution in [-0.4, -0.2) is 13.2 Å². The average Bonchev–Trinajstić information content (AvgIpc) is 2.29. The van der Waals surface area contributed by atoms with Crippen LogP contribution in [0.15, 0.2) is 24.3 Å². The lowest BCUT2D eigenvalue weighted by atomic mass is 9.82. The summed E-state index contributed by atoms with van der Waals surface area (Å²) < 4.78 is 5.24. The highest BCUT2D eigenvalue weighted by molar-refractivity contribution is 5.31. The molecule has 1 aliphatic rings. The molecule has 2 rings (SSSR count). The van der Waals surface area contributed by atoms with Gasteiger partial charge in [0.05, 0.1) is 7.11 Å². The Bertz CT molecular complexity index is 324. The number of hydrogen-bond acceptors (Lipinski definition) is 2. The van der Waals surface area contributed by atoms with Gasteiger partial charge in [-0.3, -0.25) is 0 Å². The minimum Gasteiger partial charge on any atom is -0.497 e. The molecule has 1 saturated carbocycles. The lowest BCUT2D eigenvalue weighted by Crippen LogP contribution is -2.26. The lowest BCUT2D eigenvalue weighted by Gasteiger charge is -2.27. The molecule has 1 aliphatic carbocycles. The van der Waals surface area contributed by atoms with Gasteiger partial charge in [-0.1, -0.05) is 18.6 Å². The van der Waals surface area contributed by atoms with Crippen molar-refractivity contribution in [3.05, 3.63) is 29.8 Å². The minimum atomic E-state index is 0.384. The molecule has 2 N–H and O–H groups in total. The molecule has 0 radical (unpaired) electrons. The highest BCUT2D eigenvalue weighted by Gasteiger charge is 2.20. The summed E-state index contributed by atoms with van der Waals surface area (Å²) in [5, 5.41) is 0. The van der Waals surface area contributed by atoms with Gasteiger partial charge < -0.3 is 10.5 Å². The third-order valence-corrected chi connectivity index (χ3v) is 3.28. The largest absolute Gasteiger partial charge is 0.497 e. The van der Waals surface area contributed by atoms with E-state index in [0.717, 1.165) is 12.2 Å². The number of ether oxygens (including phenoxy) is 1. The third-order valence-electron chi connectivity index (χ3n) is 3.28. The smallest absolute Gasteiger partial charge is 0.119 e. The molecule has 0 spiro atoms. The van der Waals surface area contributed by atoms with E-state index in [1.165, 1.54) is 24.8 Å². The first-order valence-corrected chi connectivity index (χ1v) is 5.69. The molecule has 1 fully saturated rings. The van der Waals surface area contributed by atoms with E-state index in [4.69, 9.17) is 10.5 Å². The highest BCUT2D eigenvalue weighted by atomic mass is 16.5. The van der Waals surface area contributed by atoms with E-state index in [0.29, 0.717) is 12.0 Å². The molecule has 0 saturated heterocycles. The summed E-state index contributed by atoms with van der Waals surface area (Å²) in [6.07, 6.45) is 4.82. The second kappa shape index (κ2) is 4.67. The van der Waals surface area contributed by atoms with Gasteiger partial charge in [-0.05, 0) is 42.9 Å². The molecule has 0 aliphatic heterocycles. The number of benzene rings is 1. The first-order chi connectivity index (χ1) is 7.29. The van der Waals surface area contributed by atoms with Crippen LogP contribution in [0, 0.1) is 0 Å². The second-order valence-electron chi connectivity index (χ2n) is 4.40. The van der Waals surface area contributed by atoms with Crippen molar-refractivity contribution in [1.29, 1.82) is 0 Å². The molecule has 0 amide bonds. The van der Waals surface area contributed by atoms with Gasteiger partial charge in [0.1, 0.15) is 5.75 Å². The standard InChI is InChI=1S/C13H19NO/c1-15-13-7-3-5-11(9-13)10-4-2-6-12(14)8-10/h3,5,7,9-10,12H,2,4,6,8,14H2,1H3/t10-,12+/m0/s1. The Labute approximate surface area is 91.4 Å². The molecular formula is C13H19NO. The monoisotopic (exact) mass is 205 g/mol. The Morgan fingerprint density at radius 2 is 2.20 bits per heavy atom. The van der Waals surface area contributed by atoms with Crippen LogP contribution in [0.3, 0.4) is 0 Å². The van der Waals surface area contributed by atoms with Crippen molar-refractivity contribution in [3.8, 4) is 5.75 Å². The maximum absolute atomic E-state index is 6.00. The zero-order chi connectivity index (χ0) is 10.7. The number of hydrogen-bond donors (Lipinski definition) is 1. The van der Waals surface area contributed by atoms with E-state index in [1.807, 2.05) is 6.07 Å². The molecule has 2 nitrogen and oxygen atoms in total. The van der Waals surface area contributed by atoms with Gasteiger partial charge >= 0.3 is 0 Å². The predicted octanol–water partition coefficient (Wildman–Crippen LogP) is 2.68. The summed E-state index contributed by atoms with van der Waals surface area (Å²) in [5.74, 6) is 1.58. The Morgan fingerprint density at radius 3 is 2.93 bits per heavy atom. The molecular weight excluding hydrogens is 186 g/mol. The zero-order valence-corrected chi connectivity index (χ0v) is 9.28. The third kappa shape index (κ3) is 2.51. The first-order valence-electron chi connectivity index (χ1n) is 5.69. The van der Waals surface area contributed by atoms with Crippen molar-refractivity contribution in [1.82, 2.24) is 0 Å². The average molecular weight is 205 g/mol. The van der Waals surface area contributed by atoms with Gasteiger partial charge in [-0.15, -0.1) is 0 Å². The molecule has 1 aromatic rings. The van der Waals surface area contributed by atoms with Crippen molar-refractivity contribution >= 4 is 0 Å². The summed E-state index contributed by atoms with van der Waals surface area (Å²) in [6, 6.07) is 8.77. The SMILES string of the molecule is COc1cccc([C@H]2CCC[C@@H](N)C2)c1. The van der Waals surface area contributed by atoms with Gasteiger partial charge in [0.2, 0.25) is 0 Å². The van der Waals surface area contributed by atoms with Crippen LogP contribution in [-0.2, 0) is 0 Å². The highest BCUT2D eigenvalue weighted by Crippen LogP contribution is 2.33. The fraction of sp³-hybridized carbons (Fsp3) is 0.538. The van der Waals surface area contributed by atoms with E-state index < -0.39 is 0 Å². The summed E-state index contributed by atoms with van der Waals surface area (Å²) >= 11 is 0. The van der Waals surface area contributed by atoms with Crippen LogP contribution in [0.4, 0.5) is 0 Å². The van der Waals surface area contributed by atoms with Gasteiger partial charge in [0.25, 0.3) is 0 Å². The van der Waals surface area contributed by atoms with Gasteiger partial charge in [-0.2, -0.15) is 0 Å².